The van der Waals surface area contributed by atoms with E-state index in [9.17, 15) is 10.2 Å². The van der Waals surface area contributed by atoms with Crippen LogP contribution in [-0.4, -0.2) is 44.4 Å². The number of hydrogen-bond acceptors (Lipinski definition) is 4. The smallest absolute Gasteiger partial charge is 0.166 e. The Hall–Kier alpha value is -3.28. The maximum Gasteiger partial charge on any atom is 0.166 e. The van der Waals surface area contributed by atoms with E-state index < -0.39 is 11.0 Å². The molecule has 5 aliphatic rings. The highest BCUT2D eigenvalue weighted by molar-refractivity contribution is 5.87. The largest absolute Gasteiger partial charge is 0.504 e. The molecular weight excluding hydrogens is 472 g/mol. The van der Waals surface area contributed by atoms with E-state index in [1.54, 1.807) is 6.07 Å². The number of rotatable bonds is 4. The van der Waals surface area contributed by atoms with Gasteiger partial charge in [0.15, 0.2) is 17.6 Å². The molecule has 1 aromatic heterocycles. The molecule has 1 saturated heterocycles. The zero-order valence-corrected chi connectivity index (χ0v) is 21.4. The fourth-order valence-electron chi connectivity index (χ4n) is 8.74. The lowest BCUT2D eigenvalue weighted by molar-refractivity contribution is -0.173. The van der Waals surface area contributed by atoms with E-state index in [1.807, 2.05) is 0 Å². The molecule has 4 aromatic rings. The van der Waals surface area contributed by atoms with Gasteiger partial charge in [-0.2, -0.15) is 0 Å². The van der Waals surface area contributed by atoms with Gasteiger partial charge in [0.05, 0.1) is 16.7 Å². The van der Waals surface area contributed by atoms with Crippen molar-refractivity contribution in [2.24, 2.45) is 5.92 Å². The molecule has 2 N–H and O–H groups in total. The van der Waals surface area contributed by atoms with Crippen LogP contribution in [0.3, 0.4) is 0 Å². The van der Waals surface area contributed by atoms with Crippen molar-refractivity contribution in [2.45, 2.75) is 61.8 Å². The van der Waals surface area contributed by atoms with Crippen LogP contribution in [0.15, 0.2) is 66.7 Å². The Bertz CT molecular complexity index is 1620. The summed E-state index contributed by atoms with van der Waals surface area (Å²) in [5.74, 6) is 1.57. The number of hydrogen-bond donors (Lipinski definition) is 2. The second kappa shape index (κ2) is 7.22. The number of aromatic hydroxyl groups is 1. The van der Waals surface area contributed by atoms with Crippen molar-refractivity contribution >= 4 is 10.9 Å². The van der Waals surface area contributed by atoms with Gasteiger partial charge >= 0.3 is 0 Å². The summed E-state index contributed by atoms with van der Waals surface area (Å²) in [5, 5.41) is 25.3. The lowest BCUT2D eigenvalue weighted by atomic mass is 9.49. The van der Waals surface area contributed by atoms with Crippen LogP contribution in [0.25, 0.3) is 10.9 Å². The minimum absolute atomic E-state index is 0.0512. The van der Waals surface area contributed by atoms with Crippen molar-refractivity contribution in [3.05, 3.63) is 94.7 Å². The predicted molar refractivity (Wildman–Crippen MR) is 146 cm³/mol. The molecule has 2 unspecified atom stereocenters. The highest BCUT2D eigenvalue weighted by Gasteiger charge is 2.73. The van der Waals surface area contributed by atoms with Gasteiger partial charge in [0, 0.05) is 42.0 Å². The molecule has 1 spiro atoms. The minimum Gasteiger partial charge on any atom is -0.504 e. The molecule has 1 saturated carbocycles. The van der Waals surface area contributed by atoms with E-state index in [-0.39, 0.29) is 17.9 Å². The predicted octanol–water partition coefficient (Wildman–Crippen LogP) is 5.09. The molecule has 38 heavy (non-hydrogen) atoms. The molecule has 2 aliphatic heterocycles. The van der Waals surface area contributed by atoms with Crippen LogP contribution in [0.1, 0.15) is 53.3 Å². The average Bonchev–Trinajstić information content (AvgIpc) is 3.61. The van der Waals surface area contributed by atoms with Crippen LogP contribution in [0.2, 0.25) is 0 Å². The summed E-state index contributed by atoms with van der Waals surface area (Å²) >= 11 is 0. The van der Waals surface area contributed by atoms with Gasteiger partial charge in [-0.15, -0.1) is 0 Å². The molecule has 0 amide bonds. The van der Waals surface area contributed by atoms with Gasteiger partial charge in [-0.3, -0.25) is 4.90 Å². The second-order valence-electron chi connectivity index (χ2n) is 12.4. The lowest BCUT2D eigenvalue weighted by Gasteiger charge is -2.63. The van der Waals surface area contributed by atoms with Gasteiger partial charge in [-0.25, -0.2) is 0 Å². The van der Waals surface area contributed by atoms with Gasteiger partial charge < -0.3 is 19.5 Å². The maximum absolute atomic E-state index is 13.1. The summed E-state index contributed by atoms with van der Waals surface area (Å²) in [6, 6.07) is 23.2. The number of phenolic OH excluding ortho intramolecular Hbond substituents is 1. The van der Waals surface area contributed by atoms with Gasteiger partial charge in [0.1, 0.15) is 0 Å². The number of fused-ring (bicyclic) bond motifs is 4. The minimum atomic E-state index is -0.953. The van der Waals surface area contributed by atoms with Crippen molar-refractivity contribution in [3.63, 3.8) is 0 Å². The number of aromatic nitrogens is 1. The van der Waals surface area contributed by atoms with Crippen LogP contribution >= 0.6 is 0 Å². The summed E-state index contributed by atoms with van der Waals surface area (Å²) < 4.78 is 9.32. The first-order chi connectivity index (χ1) is 18.6. The standard InChI is InChI=1S/C33H32N2O3/c36-26-13-12-22-16-27-33(37)17-24-23-8-4-5-9-25(23)35(19-20-6-2-1-3-7-20)29(24)31-32(33,28(22)30(26)38-31)14-15-34(27)18-21-10-11-21/h1-9,12-13,21,27,31,36-37H,10-11,14-19H2/t27?,31-,32?,33+/m0/s1. The van der Waals surface area contributed by atoms with E-state index in [0.29, 0.717) is 12.2 Å². The summed E-state index contributed by atoms with van der Waals surface area (Å²) in [4.78, 5) is 2.60. The molecule has 5 nitrogen and oxygen atoms in total. The van der Waals surface area contributed by atoms with Crippen LogP contribution in [-0.2, 0) is 24.8 Å². The number of likely N-dealkylation sites (tertiary alicyclic amines) is 1. The summed E-state index contributed by atoms with van der Waals surface area (Å²) in [7, 11) is 0. The fraction of sp³-hybridized carbons (Fsp3) is 0.394. The van der Waals surface area contributed by atoms with Crippen molar-refractivity contribution in [3.8, 4) is 11.5 Å². The van der Waals surface area contributed by atoms with Crippen molar-refractivity contribution < 1.29 is 14.9 Å². The fourth-order valence-corrected chi connectivity index (χ4v) is 8.74. The summed E-state index contributed by atoms with van der Waals surface area (Å²) in [5.41, 5.74) is 5.63. The van der Waals surface area contributed by atoms with Gasteiger partial charge in [0.2, 0.25) is 0 Å². The lowest BCUT2D eigenvalue weighted by Crippen LogP contribution is -2.74. The van der Waals surface area contributed by atoms with E-state index in [4.69, 9.17) is 4.74 Å². The van der Waals surface area contributed by atoms with E-state index in [0.717, 1.165) is 44.0 Å². The first kappa shape index (κ1) is 21.6. The number of nitrogens with zero attached hydrogens (tertiary/aromatic N) is 2. The Morgan fingerprint density at radius 3 is 2.63 bits per heavy atom. The molecule has 9 rings (SSSR count). The third kappa shape index (κ3) is 2.55. The third-order valence-corrected chi connectivity index (χ3v) is 10.5. The molecular formula is C33H32N2O3. The topological polar surface area (TPSA) is 57.9 Å². The van der Waals surface area contributed by atoms with Crippen LogP contribution in [0, 0.1) is 5.92 Å². The molecule has 192 valence electrons. The van der Waals surface area contributed by atoms with Crippen molar-refractivity contribution in [2.75, 3.05) is 13.1 Å². The molecule has 3 aliphatic carbocycles. The molecule has 2 bridgehead atoms. The Morgan fingerprint density at radius 2 is 1.79 bits per heavy atom. The summed E-state index contributed by atoms with van der Waals surface area (Å²) in [6.45, 7) is 2.79. The van der Waals surface area contributed by atoms with E-state index in [1.165, 1.54) is 46.1 Å². The van der Waals surface area contributed by atoms with Crippen molar-refractivity contribution in [1.29, 1.82) is 0 Å². The Kier molecular flexibility index (Phi) is 4.11. The SMILES string of the molecule is Oc1ccc2c3c1O[C@H]1c4c(c5ccccc5n4Cc4ccccc4)C[C@@]4(O)C(C2)N(CC2CC2)CCC314. The second-order valence-corrected chi connectivity index (χ2v) is 12.4. The third-order valence-electron chi connectivity index (χ3n) is 10.5. The number of piperidine rings is 1. The number of ether oxygens (including phenoxy) is 1. The van der Waals surface area contributed by atoms with Crippen molar-refractivity contribution in [1.82, 2.24) is 9.47 Å². The zero-order valence-electron chi connectivity index (χ0n) is 21.4. The highest BCUT2D eigenvalue weighted by atomic mass is 16.5. The monoisotopic (exact) mass is 504 g/mol. The van der Waals surface area contributed by atoms with Crippen LogP contribution in [0.4, 0.5) is 0 Å². The Labute approximate surface area is 222 Å². The maximum atomic E-state index is 13.1. The van der Waals surface area contributed by atoms with Gasteiger partial charge in [0.25, 0.3) is 0 Å². The number of para-hydroxylation sites is 1. The van der Waals surface area contributed by atoms with Crippen LogP contribution in [0.5, 0.6) is 11.5 Å². The summed E-state index contributed by atoms with van der Waals surface area (Å²) in [6.07, 6.45) is 4.55. The van der Waals surface area contributed by atoms with E-state index >= 15 is 0 Å². The molecule has 3 heterocycles. The van der Waals surface area contributed by atoms with E-state index in [2.05, 4.69) is 70.1 Å². The number of benzene rings is 3. The molecule has 2 fully saturated rings. The Morgan fingerprint density at radius 1 is 0.974 bits per heavy atom. The molecule has 0 radical (unpaired) electrons. The van der Waals surface area contributed by atoms with Gasteiger partial charge in [-0.1, -0.05) is 54.6 Å². The number of aliphatic hydroxyl groups is 1. The molecule has 3 aromatic carbocycles. The quantitative estimate of drug-likeness (QED) is 0.406. The first-order valence-electron chi connectivity index (χ1n) is 14.2. The normalized spacial score (nSPS) is 30.7. The average molecular weight is 505 g/mol. The first-order valence-corrected chi connectivity index (χ1v) is 14.2. The highest BCUT2D eigenvalue weighted by Crippen LogP contribution is 2.69. The van der Waals surface area contributed by atoms with Gasteiger partial charge in [-0.05, 0) is 67.0 Å². The Balaban J connectivity index is 1.32. The van der Waals surface area contributed by atoms with Crippen LogP contribution < -0.4 is 4.74 Å². The number of phenols is 1. The molecule has 4 atom stereocenters. The zero-order chi connectivity index (χ0) is 25.2. The molecule has 5 heteroatoms.